The first-order chi connectivity index (χ1) is 6.36. The van der Waals surface area contributed by atoms with Gasteiger partial charge in [-0.15, -0.1) is 0 Å². The first-order valence-electron chi connectivity index (χ1n) is 4.19. The lowest BCUT2D eigenvalue weighted by molar-refractivity contribution is 0.498. The largest absolute Gasteiger partial charge is 0.338 e. The number of thioether (sulfide) groups is 1. The minimum absolute atomic E-state index is 0.920. The van der Waals surface area contributed by atoms with Gasteiger partial charge >= 0.3 is 0 Å². The maximum Gasteiger partial charge on any atom is 0.0720 e. The zero-order valence-electron chi connectivity index (χ0n) is 7.31. The predicted octanol–water partition coefficient (Wildman–Crippen LogP) is 3.18. The van der Waals surface area contributed by atoms with E-state index in [2.05, 4.69) is 47.4 Å². The second kappa shape index (κ2) is 3.71. The smallest absolute Gasteiger partial charge is 0.0720 e. The highest BCUT2D eigenvalue weighted by Gasteiger charge is 2.09. The van der Waals surface area contributed by atoms with Crippen LogP contribution >= 0.6 is 11.8 Å². The Balaban J connectivity index is 2.06. The molecule has 1 nitrogen and oxygen atoms in total. The van der Waals surface area contributed by atoms with Gasteiger partial charge < -0.3 is 4.90 Å². The van der Waals surface area contributed by atoms with Crippen molar-refractivity contribution in [3.05, 3.63) is 59.1 Å². The van der Waals surface area contributed by atoms with Crippen LogP contribution in [0.4, 0.5) is 0 Å². The van der Waals surface area contributed by atoms with Crippen LogP contribution in [0, 0.1) is 0 Å². The highest BCUT2D eigenvalue weighted by atomic mass is 32.2. The molecule has 0 bridgehead atoms. The molecule has 0 saturated heterocycles. The van der Waals surface area contributed by atoms with Gasteiger partial charge in [-0.25, -0.2) is 0 Å². The van der Waals surface area contributed by atoms with Crippen LogP contribution in [0.3, 0.4) is 0 Å². The molecule has 66 valence electrons. The normalized spacial score (nSPS) is 15.4. The van der Waals surface area contributed by atoms with Crippen molar-refractivity contribution in [3.8, 4) is 0 Å². The fraction of sp³-hybridized carbons (Fsp3) is 0.0909. The fourth-order valence-electron chi connectivity index (χ4n) is 1.25. The van der Waals surface area contributed by atoms with E-state index in [1.54, 1.807) is 11.8 Å². The highest BCUT2D eigenvalue weighted by molar-refractivity contribution is 8.05. The summed E-state index contributed by atoms with van der Waals surface area (Å²) in [5.41, 5.74) is 1.32. The van der Waals surface area contributed by atoms with Crippen LogP contribution in [0.15, 0.2) is 53.5 Å². The molecule has 0 aliphatic carbocycles. The summed E-state index contributed by atoms with van der Waals surface area (Å²) < 4.78 is 0. The molecule has 0 atom stereocenters. The topological polar surface area (TPSA) is 3.24 Å². The summed E-state index contributed by atoms with van der Waals surface area (Å²) in [4.78, 5) is 2.15. The molecule has 0 radical (unpaired) electrons. The Morgan fingerprint density at radius 1 is 1.23 bits per heavy atom. The van der Waals surface area contributed by atoms with E-state index >= 15 is 0 Å². The minimum atomic E-state index is 0.920. The van der Waals surface area contributed by atoms with Gasteiger partial charge in [0.05, 0.1) is 5.03 Å². The van der Waals surface area contributed by atoms with E-state index in [0.29, 0.717) is 0 Å². The maximum atomic E-state index is 3.96. The van der Waals surface area contributed by atoms with Crippen molar-refractivity contribution in [2.45, 2.75) is 6.54 Å². The molecule has 1 aliphatic heterocycles. The predicted molar refractivity (Wildman–Crippen MR) is 57.9 cm³/mol. The molecule has 1 aromatic rings. The van der Waals surface area contributed by atoms with Gasteiger partial charge in [-0.1, -0.05) is 48.7 Å². The lowest BCUT2D eigenvalue weighted by Crippen LogP contribution is -2.09. The van der Waals surface area contributed by atoms with Crippen molar-refractivity contribution >= 4 is 11.8 Å². The van der Waals surface area contributed by atoms with Crippen LogP contribution in [0.2, 0.25) is 0 Å². The Kier molecular flexibility index (Phi) is 2.41. The second-order valence-electron chi connectivity index (χ2n) is 2.91. The molecular formula is C11H11NS. The summed E-state index contributed by atoms with van der Waals surface area (Å²) in [6, 6.07) is 10.4. The monoisotopic (exact) mass is 189 g/mol. The Bertz CT molecular complexity index is 329. The zero-order chi connectivity index (χ0) is 9.10. The molecule has 0 fully saturated rings. The third-order valence-electron chi connectivity index (χ3n) is 1.96. The van der Waals surface area contributed by atoms with Crippen molar-refractivity contribution in [2.75, 3.05) is 0 Å². The molecule has 2 heteroatoms. The van der Waals surface area contributed by atoms with Gasteiger partial charge in [-0.2, -0.15) is 0 Å². The number of hydrogen-bond donors (Lipinski definition) is 0. The number of benzene rings is 1. The molecule has 0 unspecified atom stereocenters. The maximum absolute atomic E-state index is 3.96. The minimum Gasteiger partial charge on any atom is -0.338 e. The first kappa shape index (κ1) is 8.45. The van der Waals surface area contributed by atoms with Crippen LogP contribution < -0.4 is 0 Å². The lowest BCUT2D eigenvalue weighted by Gasteiger charge is -2.15. The first-order valence-corrected chi connectivity index (χ1v) is 5.07. The molecule has 0 N–H and O–H groups in total. The van der Waals surface area contributed by atoms with Crippen molar-refractivity contribution in [1.29, 1.82) is 0 Å². The Morgan fingerprint density at radius 2 is 2.00 bits per heavy atom. The standard InChI is InChI=1S/C11H11NS/c1-10-12(7-8-13-10)9-11-5-3-2-4-6-11/h2-8H,1,9H2. The van der Waals surface area contributed by atoms with E-state index in [9.17, 15) is 0 Å². The fourth-order valence-corrected chi connectivity index (χ4v) is 1.88. The average molecular weight is 189 g/mol. The lowest BCUT2D eigenvalue weighted by atomic mass is 10.2. The van der Waals surface area contributed by atoms with E-state index in [4.69, 9.17) is 0 Å². The van der Waals surface area contributed by atoms with Gasteiger partial charge in [0, 0.05) is 12.7 Å². The van der Waals surface area contributed by atoms with E-state index in [0.717, 1.165) is 11.6 Å². The van der Waals surface area contributed by atoms with Crippen molar-refractivity contribution < 1.29 is 0 Å². The van der Waals surface area contributed by atoms with Crippen LogP contribution in [0.1, 0.15) is 5.56 Å². The summed E-state index contributed by atoms with van der Waals surface area (Å²) in [7, 11) is 0. The second-order valence-corrected chi connectivity index (χ2v) is 3.89. The van der Waals surface area contributed by atoms with E-state index < -0.39 is 0 Å². The third-order valence-corrected chi connectivity index (χ3v) is 2.73. The van der Waals surface area contributed by atoms with Gasteiger partial charge in [0.2, 0.25) is 0 Å². The highest BCUT2D eigenvalue weighted by Crippen LogP contribution is 2.28. The van der Waals surface area contributed by atoms with Gasteiger partial charge in [0.15, 0.2) is 0 Å². The zero-order valence-corrected chi connectivity index (χ0v) is 8.13. The Labute approximate surface area is 82.8 Å². The number of nitrogens with zero attached hydrogens (tertiary/aromatic N) is 1. The molecule has 1 heterocycles. The quantitative estimate of drug-likeness (QED) is 0.703. The number of hydrogen-bond acceptors (Lipinski definition) is 2. The van der Waals surface area contributed by atoms with E-state index in [1.165, 1.54) is 5.56 Å². The summed E-state index contributed by atoms with van der Waals surface area (Å²) >= 11 is 1.68. The van der Waals surface area contributed by atoms with Crippen LogP contribution in [0.25, 0.3) is 0 Å². The summed E-state index contributed by atoms with van der Waals surface area (Å²) in [6.45, 7) is 4.88. The number of rotatable bonds is 2. The van der Waals surface area contributed by atoms with Crippen LogP contribution in [-0.2, 0) is 6.54 Å². The molecule has 13 heavy (non-hydrogen) atoms. The molecular weight excluding hydrogens is 178 g/mol. The summed E-state index contributed by atoms with van der Waals surface area (Å²) in [5, 5.41) is 3.16. The molecule has 0 saturated carbocycles. The van der Waals surface area contributed by atoms with E-state index in [1.807, 2.05) is 6.07 Å². The molecule has 2 rings (SSSR count). The molecule has 0 amide bonds. The molecule has 0 spiro atoms. The molecule has 1 aromatic carbocycles. The van der Waals surface area contributed by atoms with Gasteiger partial charge in [-0.05, 0) is 11.0 Å². The Hall–Kier alpha value is -1.15. The van der Waals surface area contributed by atoms with Gasteiger partial charge in [-0.3, -0.25) is 0 Å². The van der Waals surface area contributed by atoms with E-state index in [-0.39, 0.29) is 0 Å². The summed E-state index contributed by atoms with van der Waals surface area (Å²) in [6.07, 6.45) is 2.07. The van der Waals surface area contributed by atoms with Crippen molar-refractivity contribution in [3.63, 3.8) is 0 Å². The molecule has 0 aromatic heterocycles. The van der Waals surface area contributed by atoms with Gasteiger partial charge in [0.25, 0.3) is 0 Å². The summed E-state index contributed by atoms with van der Waals surface area (Å²) in [5.74, 6) is 0. The molecule has 1 aliphatic rings. The SMILES string of the molecule is C=C1SC=CN1Cc1ccccc1. The van der Waals surface area contributed by atoms with Crippen LogP contribution in [-0.4, -0.2) is 4.90 Å². The van der Waals surface area contributed by atoms with Gasteiger partial charge in [0.1, 0.15) is 0 Å². The van der Waals surface area contributed by atoms with Crippen molar-refractivity contribution in [2.24, 2.45) is 0 Å². The van der Waals surface area contributed by atoms with Crippen molar-refractivity contribution in [1.82, 2.24) is 4.90 Å². The Morgan fingerprint density at radius 3 is 2.62 bits per heavy atom. The average Bonchev–Trinajstić information content (AvgIpc) is 2.54. The van der Waals surface area contributed by atoms with Crippen LogP contribution in [0.5, 0.6) is 0 Å². The third kappa shape index (κ3) is 1.95.